The molecule has 0 saturated heterocycles. The van der Waals surface area contributed by atoms with Crippen LogP contribution in [-0.2, 0) is 9.53 Å². The molecular formula is C26H25N3O7S. The van der Waals surface area contributed by atoms with Gasteiger partial charge in [-0.15, -0.1) is 0 Å². The van der Waals surface area contributed by atoms with E-state index in [0.717, 1.165) is 0 Å². The summed E-state index contributed by atoms with van der Waals surface area (Å²) in [6.07, 6.45) is 1.65. The number of nitrogens with zero attached hydrogens (tertiary/aromatic N) is 3. The Morgan fingerprint density at radius 1 is 1.16 bits per heavy atom. The van der Waals surface area contributed by atoms with Gasteiger partial charge < -0.3 is 14.2 Å². The van der Waals surface area contributed by atoms with Gasteiger partial charge in [0.2, 0.25) is 0 Å². The van der Waals surface area contributed by atoms with Crippen molar-refractivity contribution >= 4 is 29.1 Å². The van der Waals surface area contributed by atoms with Gasteiger partial charge >= 0.3 is 5.97 Å². The Hall–Kier alpha value is -4.25. The van der Waals surface area contributed by atoms with Crippen LogP contribution in [0.4, 0.5) is 5.69 Å². The highest BCUT2D eigenvalue weighted by Crippen LogP contribution is 2.36. The predicted molar refractivity (Wildman–Crippen MR) is 138 cm³/mol. The molecule has 0 N–H and O–H groups in total. The Bertz CT molecular complexity index is 1570. The van der Waals surface area contributed by atoms with Crippen molar-refractivity contribution < 1.29 is 23.9 Å². The fourth-order valence-electron chi connectivity index (χ4n) is 4.08. The van der Waals surface area contributed by atoms with E-state index in [9.17, 15) is 19.7 Å². The van der Waals surface area contributed by atoms with Gasteiger partial charge in [-0.05, 0) is 62.2 Å². The van der Waals surface area contributed by atoms with E-state index in [2.05, 4.69) is 4.99 Å². The van der Waals surface area contributed by atoms with E-state index >= 15 is 0 Å². The van der Waals surface area contributed by atoms with Gasteiger partial charge in [0.25, 0.3) is 11.2 Å². The Balaban J connectivity index is 1.92. The van der Waals surface area contributed by atoms with Crippen LogP contribution in [0.1, 0.15) is 37.9 Å². The number of benzene rings is 2. The normalized spacial score (nSPS) is 15.1. The standard InChI is InChI=1S/C26H25N3O7S/c1-5-35-19-12-9-17(14-20(19)34-4)23-22(25(31)36-6-2)15(3)27-26-28(23)24(30)21(37-26)13-16-7-10-18(11-8-16)29(32)33/h7-14,23H,5-6H2,1-4H3/b21-13-. The molecule has 0 bridgehead atoms. The van der Waals surface area contributed by atoms with E-state index in [1.807, 2.05) is 6.92 Å². The second kappa shape index (κ2) is 10.8. The summed E-state index contributed by atoms with van der Waals surface area (Å²) in [7, 11) is 1.52. The number of fused-ring (bicyclic) bond motifs is 1. The first-order valence-corrected chi connectivity index (χ1v) is 12.4. The minimum Gasteiger partial charge on any atom is -0.493 e. The van der Waals surface area contributed by atoms with Crippen LogP contribution in [0.5, 0.6) is 11.5 Å². The molecule has 1 atom stereocenters. The third-order valence-corrected chi connectivity index (χ3v) is 6.70. The van der Waals surface area contributed by atoms with Crippen molar-refractivity contribution in [3.8, 4) is 11.5 Å². The van der Waals surface area contributed by atoms with E-state index in [1.54, 1.807) is 50.3 Å². The van der Waals surface area contributed by atoms with E-state index < -0.39 is 16.9 Å². The molecule has 1 unspecified atom stereocenters. The largest absolute Gasteiger partial charge is 0.493 e. The quantitative estimate of drug-likeness (QED) is 0.253. The lowest BCUT2D eigenvalue weighted by Crippen LogP contribution is -2.40. The first-order valence-electron chi connectivity index (χ1n) is 11.5. The van der Waals surface area contributed by atoms with Crippen molar-refractivity contribution in [1.82, 2.24) is 4.57 Å². The number of thiazole rings is 1. The molecule has 0 aliphatic carbocycles. The van der Waals surface area contributed by atoms with Crippen molar-refractivity contribution in [2.75, 3.05) is 20.3 Å². The molecule has 10 nitrogen and oxygen atoms in total. The Morgan fingerprint density at radius 3 is 2.51 bits per heavy atom. The number of allylic oxidation sites excluding steroid dienone is 1. The van der Waals surface area contributed by atoms with Crippen molar-refractivity contribution in [3.63, 3.8) is 0 Å². The summed E-state index contributed by atoms with van der Waals surface area (Å²) < 4.78 is 18.3. The molecular weight excluding hydrogens is 498 g/mol. The smallest absolute Gasteiger partial charge is 0.338 e. The molecule has 2 aromatic carbocycles. The predicted octanol–water partition coefficient (Wildman–Crippen LogP) is 3.11. The van der Waals surface area contributed by atoms with Crippen molar-refractivity contribution in [2.45, 2.75) is 26.8 Å². The summed E-state index contributed by atoms with van der Waals surface area (Å²) >= 11 is 1.17. The van der Waals surface area contributed by atoms with E-state index in [4.69, 9.17) is 14.2 Å². The third-order valence-electron chi connectivity index (χ3n) is 5.72. The highest BCUT2D eigenvalue weighted by molar-refractivity contribution is 7.07. The number of nitro groups is 1. The maximum atomic E-state index is 13.7. The van der Waals surface area contributed by atoms with Gasteiger partial charge in [0.15, 0.2) is 16.3 Å². The lowest BCUT2D eigenvalue weighted by atomic mass is 9.95. The fraction of sp³-hybridized carbons (Fsp3) is 0.269. The van der Waals surface area contributed by atoms with Gasteiger partial charge in [0.05, 0.1) is 47.1 Å². The maximum Gasteiger partial charge on any atom is 0.338 e. The molecule has 3 aromatic rings. The number of rotatable bonds is 8. The van der Waals surface area contributed by atoms with Crippen LogP contribution in [0.25, 0.3) is 6.08 Å². The van der Waals surface area contributed by atoms with Crippen molar-refractivity contribution in [2.24, 2.45) is 4.99 Å². The van der Waals surface area contributed by atoms with Crippen LogP contribution in [0, 0.1) is 10.1 Å². The van der Waals surface area contributed by atoms with Gasteiger partial charge in [-0.2, -0.15) is 0 Å². The fourth-order valence-corrected chi connectivity index (χ4v) is 5.13. The van der Waals surface area contributed by atoms with E-state index in [-0.39, 0.29) is 23.4 Å². The van der Waals surface area contributed by atoms with Crippen LogP contribution < -0.4 is 24.4 Å². The Kier molecular flexibility index (Phi) is 7.53. The number of esters is 1. The van der Waals surface area contributed by atoms with Crippen LogP contribution in [0.3, 0.4) is 0 Å². The summed E-state index contributed by atoms with van der Waals surface area (Å²) in [5.74, 6) is 0.439. The molecule has 0 saturated carbocycles. The molecule has 0 fully saturated rings. The van der Waals surface area contributed by atoms with Gasteiger partial charge in [-0.1, -0.05) is 17.4 Å². The molecule has 1 aliphatic heterocycles. The van der Waals surface area contributed by atoms with Gasteiger partial charge in [-0.25, -0.2) is 9.79 Å². The summed E-state index contributed by atoms with van der Waals surface area (Å²) in [4.78, 5) is 42.2. The maximum absolute atomic E-state index is 13.7. The second-order valence-corrected chi connectivity index (χ2v) is 9.00. The minimum atomic E-state index is -0.807. The average molecular weight is 524 g/mol. The number of hydrogen-bond acceptors (Lipinski definition) is 9. The Morgan fingerprint density at radius 2 is 1.89 bits per heavy atom. The van der Waals surface area contributed by atoms with E-state index in [0.29, 0.717) is 44.3 Å². The molecule has 192 valence electrons. The summed E-state index contributed by atoms with van der Waals surface area (Å²) in [6.45, 7) is 5.89. The van der Waals surface area contributed by atoms with Crippen LogP contribution in [-0.4, -0.2) is 35.8 Å². The van der Waals surface area contributed by atoms with Crippen LogP contribution >= 0.6 is 11.3 Å². The third kappa shape index (κ3) is 5.03. The molecule has 11 heteroatoms. The van der Waals surface area contributed by atoms with Gasteiger partial charge in [0.1, 0.15) is 0 Å². The zero-order valence-electron chi connectivity index (χ0n) is 20.7. The van der Waals surface area contributed by atoms with Gasteiger partial charge in [-0.3, -0.25) is 19.5 Å². The highest BCUT2D eigenvalue weighted by atomic mass is 32.1. The molecule has 4 rings (SSSR count). The molecule has 1 aromatic heterocycles. The molecule has 2 heterocycles. The summed E-state index contributed by atoms with van der Waals surface area (Å²) in [6, 6.07) is 10.3. The second-order valence-electron chi connectivity index (χ2n) is 7.99. The number of ether oxygens (including phenoxy) is 3. The Labute approximate surface area is 215 Å². The lowest BCUT2D eigenvalue weighted by Gasteiger charge is -2.25. The summed E-state index contributed by atoms with van der Waals surface area (Å²) in [5, 5.41) is 11.0. The lowest BCUT2D eigenvalue weighted by molar-refractivity contribution is -0.384. The SMILES string of the molecule is CCOC(=O)C1=C(C)N=c2s/c(=C\c3ccc([N+](=O)[O-])cc3)c(=O)n2C1c1ccc(OCC)c(OC)c1. The van der Waals surface area contributed by atoms with Crippen LogP contribution in [0.2, 0.25) is 0 Å². The molecule has 0 spiro atoms. The molecule has 1 aliphatic rings. The zero-order valence-corrected chi connectivity index (χ0v) is 21.5. The van der Waals surface area contributed by atoms with Crippen molar-refractivity contribution in [1.29, 1.82) is 0 Å². The number of non-ortho nitro benzene ring substituents is 1. The zero-order chi connectivity index (χ0) is 26.7. The number of hydrogen-bond donors (Lipinski definition) is 0. The van der Waals surface area contributed by atoms with E-state index in [1.165, 1.54) is 35.1 Å². The minimum absolute atomic E-state index is 0.0437. The van der Waals surface area contributed by atoms with Gasteiger partial charge in [0, 0.05) is 12.1 Å². The number of carbonyl (C=O) groups is 1. The molecule has 0 radical (unpaired) electrons. The highest BCUT2D eigenvalue weighted by Gasteiger charge is 2.34. The number of methoxy groups -OCH3 is 1. The number of nitro benzene ring substituents is 1. The summed E-state index contributed by atoms with van der Waals surface area (Å²) in [5.41, 5.74) is 1.55. The van der Waals surface area contributed by atoms with Crippen molar-refractivity contribution in [3.05, 3.63) is 94.7 Å². The number of carbonyl (C=O) groups excluding carboxylic acids is 1. The first-order chi connectivity index (χ1) is 17.8. The van der Waals surface area contributed by atoms with Crippen LogP contribution in [0.15, 0.2) is 63.5 Å². The average Bonchev–Trinajstić information content (AvgIpc) is 3.18. The topological polar surface area (TPSA) is 122 Å². The molecule has 37 heavy (non-hydrogen) atoms. The monoisotopic (exact) mass is 523 g/mol. The molecule has 0 amide bonds. The first kappa shape index (κ1) is 25.8. The number of aromatic nitrogens is 1.